The van der Waals surface area contributed by atoms with Crippen molar-refractivity contribution in [2.45, 2.75) is 31.6 Å². The summed E-state index contributed by atoms with van der Waals surface area (Å²) in [5.41, 5.74) is 0.789. The highest BCUT2D eigenvalue weighted by Gasteiger charge is 2.48. The van der Waals surface area contributed by atoms with Crippen molar-refractivity contribution in [1.82, 2.24) is 19.6 Å². The standard InChI is InChI=1S/C15H12F2N4O3/c1-6-2-10-9(3-8(6)14(23)24)18-13(22)12-20-19-11(21(10)12)7-4-15(16,17)5-7/h2-3,7H,4-5H2,1H3,(H,18,22)(H,23,24). The van der Waals surface area contributed by atoms with E-state index in [9.17, 15) is 23.5 Å². The van der Waals surface area contributed by atoms with Crippen LogP contribution in [-0.4, -0.2) is 36.6 Å². The average molecular weight is 334 g/mol. The summed E-state index contributed by atoms with van der Waals surface area (Å²) in [6.45, 7) is 1.63. The van der Waals surface area contributed by atoms with Crippen LogP contribution in [0.25, 0.3) is 16.7 Å². The van der Waals surface area contributed by atoms with Crippen LogP contribution in [0.3, 0.4) is 0 Å². The molecule has 2 N–H and O–H groups in total. The highest BCUT2D eigenvalue weighted by Crippen LogP contribution is 2.47. The molecule has 9 heteroatoms. The Morgan fingerprint density at radius 2 is 2.08 bits per heavy atom. The smallest absolute Gasteiger partial charge is 0.336 e. The first kappa shape index (κ1) is 14.7. The normalized spacial score (nSPS) is 17.3. The first-order valence-electron chi connectivity index (χ1n) is 7.29. The molecular formula is C15H12F2N4O3. The lowest BCUT2D eigenvalue weighted by Crippen LogP contribution is -2.34. The first-order chi connectivity index (χ1) is 11.3. The van der Waals surface area contributed by atoms with Gasteiger partial charge in [-0.15, -0.1) is 10.2 Å². The summed E-state index contributed by atoms with van der Waals surface area (Å²) in [5.74, 6) is -4.02. The number of halogens is 2. The number of hydrogen-bond donors (Lipinski definition) is 2. The molecule has 2 heterocycles. The summed E-state index contributed by atoms with van der Waals surface area (Å²) < 4.78 is 27.8. The number of H-pyrrole nitrogens is 1. The maximum absolute atomic E-state index is 13.2. The molecule has 124 valence electrons. The van der Waals surface area contributed by atoms with Crippen LogP contribution in [-0.2, 0) is 0 Å². The molecule has 1 fully saturated rings. The van der Waals surface area contributed by atoms with Gasteiger partial charge in [0, 0.05) is 18.8 Å². The summed E-state index contributed by atoms with van der Waals surface area (Å²) >= 11 is 0. The minimum atomic E-state index is -2.72. The Balaban J connectivity index is 2.02. The summed E-state index contributed by atoms with van der Waals surface area (Å²) in [6, 6.07) is 2.94. The molecule has 1 saturated carbocycles. The van der Waals surface area contributed by atoms with Crippen LogP contribution in [0.5, 0.6) is 0 Å². The number of aromatic amines is 1. The van der Waals surface area contributed by atoms with Crippen LogP contribution in [0.1, 0.15) is 40.5 Å². The van der Waals surface area contributed by atoms with Crippen molar-refractivity contribution in [2.24, 2.45) is 0 Å². The number of benzene rings is 1. The van der Waals surface area contributed by atoms with Gasteiger partial charge in [0.25, 0.3) is 5.56 Å². The fourth-order valence-electron chi connectivity index (χ4n) is 3.18. The molecule has 24 heavy (non-hydrogen) atoms. The molecule has 0 amide bonds. The predicted molar refractivity (Wildman–Crippen MR) is 79.7 cm³/mol. The third-order valence-corrected chi connectivity index (χ3v) is 4.41. The summed E-state index contributed by atoms with van der Waals surface area (Å²) in [7, 11) is 0. The van der Waals surface area contributed by atoms with E-state index in [1.165, 1.54) is 10.5 Å². The molecule has 0 atom stereocenters. The number of alkyl halides is 2. The second-order valence-corrected chi connectivity index (χ2v) is 6.12. The molecule has 0 saturated heterocycles. The van der Waals surface area contributed by atoms with Gasteiger partial charge in [-0.3, -0.25) is 9.20 Å². The molecule has 0 aliphatic heterocycles. The van der Waals surface area contributed by atoms with E-state index in [0.717, 1.165) is 0 Å². The maximum atomic E-state index is 13.2. The molecule has 0 unspecified atom stereocenters. The largest absolute Gasteiger partial charge is 0.478 e. The van der Waals surface area contributed by atoms with E-state index < -0.39 is 23.4 Å². The van der Waals surface area contributed by atoms with Gasteiger partial charge >= 0.3 is 5.97 Å². The Morgan fingerprint density at radius 3 is 2.71 bits per heavy atom. The average Bonchev–Trinajstić information content (AvgIpc) is 2.90. The molecule has 2 aromatic heterocycles. The van der Waals surface area contributed by atoms with Crippen molar-refractivity contribution in [3.63, 3.8) is 0 Å². The molecule has 1 aliphatic carbocycles. The van der Waals surface area contributed by atoms with Crippen LogP contribution in [0.15, 0.2) is 16.9 Å². The van der Waals surface area contributed by atoms with Gasteiger partial charge in [0.05, 0.1) is 16.6 Å². The number of rotatable bonds is 2. The van der Waals surface area contributed by atoms with Crippen LogP contribution in [0, 0.1) is 6.92 Å². The Morgan fingerprint density at radius 1 is 1.38 bits per heavy atom. The lowest BCUT2D eigenvalue weighted by Gasteiger charge is -2.33. The number of hydrogen-bond acceptors (Lipinski definition) is 4. The van der Waals surface area contributed by atoms with E-state index in [2.05, 4.69) is 15.2 Å². The van der Waals surface area contributed by atoms with Gasteiger partial charge in [-0.2, -0.15) is 0 Å². The highest BCUT2D eigenvalue weighted by molar-refractivity contribution is 5.94. The number of aryl methyl sites for hydroxylation is 1. The van der Waals surface area contributed by atoms with Gasteiger partial charge in [0.15, 0.2) is 0 Å². The first-order valence-corrected chi connectivity index (χ1v) is 7.29. The fourth-order valence-corrected chi connectivity index (χ4v) is 3.18. The number of nitrogens with one attached hydrogen (secondary N) is 1. The van der Waals surface area contributed by atoms with E-state index in [-0.39, 0.29) is 24.1 Å². The zero-order valence-corrected chi connectivity index (χ0v) is 12.5. The van der Waals surface area contributed by atoms with Crippen molar-refractivity contribution in [2.75, 3.05) is 0 Å². The molecule has 0 spiro atoms. The van der Waals surface area contributed by atoms with Crippen molar-refractivity contribution in [3.05, 3.63) is 39.4 Å². The summed E-state index contributed by atoms with van der Waals surface area (Å²) in [5, 5.41) is 16.9. The van der Waals surface area contributed by atoms with E-state index in [4.69, 9.17) is 0 Å². The molecule has 1 aliphatic rings. The van der Waals surface area contributed by atoms with Crippen molar-refractivity contribution in [1.29, 1.82) is 0 Å². The Hall–Kier alpha value is -2.84. The number of carbonyl (C=O) groups is 1. The highest BCUT2D eigenvalue weighted by atomic mass is 19.3. The van der Waals surface area contributed by atoms with Gasteiger partial charge < -0.3 is 10.1 Å². The summed E-state index contributed by atoms with van der Waals surface area (Å²) in [6.07, 6.45) is -0.678. The number of carboxylic acids is 1. The molecular weight excluding hydrogens is 322 g/mol. The van der Waals surface area contributed by atoms with Gasteiger partial charge in [0.2, 0.25) is 11.6 Å². The van der Waals surface area contributed by atoms with Crippen molar-refractivity contribution < 1.29 is 18.7 Å². The van der Waals surface area contributed by atoms with Gasteiger partial charge in [-0.05, 0) is 24.6 Å². The minimum absolute atomic E-state index is 0.00944. The fraction of sp³-hybridized carbons (Fsp3) is 0.333. The van der Waals surface area contributed by atoms with Gasteiger partial charge in [-0.1, -0.05) is 0 Å². The van der Waals surface area contributed by atoms with Crippen molar-refractivity contribution >= 4 is 22.6 Å². The zero-order valence-electron chi connectivity index (χ0n) is 12.5. The maximum Gasteiger partial charge on any atom is 0.336 e. The second-order valence-electron chi connectivity index (χ2n) is 6.12. The van der Waals surface area contributed by atoms with Gasteiger partial charge in [-0.25, -0.2) is 13.6 Å². The Kier molecular flexibility index (Phi) is 2.82. The SMILES string of the molecule is Cc1cc2c(cc1C(=O)O)[nH]c(=O)c1nnc(C3CC(F)(F)C3)n12. The minimum Gasteiger partial charge on any atom is -0.478 e. The van der Waals surface area contributed by atoms with E-state index in [1.54, 1.807) is 13.0 Å². The lowest BCUT2D eigenvalue weighted by molar-refractivity contribution is -0.0886. The summed E-state index contributed by atoms with van der Waals surface area (Å²) in [4.78, 5) is 26.0. The number of aromatic nitrogens is 4. The van der Waals surface area contributed by atoms with Gasteiger partial charge in [0.1, 0.15) is 5.82 Å². The Labute approximate surface area is 132 Å². The van der Waals surface area contributed by atoms with Crippen LogP contribution < -0.4 is 5.56 Å². The number of fused-ring (bicyclic) bond motifs is 3. The lowest BCUT2D eigenvalue weighted by atomic mass is 9.81. The number of carboxylic acid groups (broad SMARTS) is 1. The third kappa shape index (κ3) is 2.00. The zero-order chi connectivity index (χ0) is 17.2. The van der Waals surface area contributed by atoms with Crippen molar-refractivity contribution in [3.8, 4) is 0 Å². The third-order valence-electron chi connectivity index (χ3n) is 4.41. The quantitative estimate of drug-likeness (QED) is 0.747. The van der Waals surface area contributed by atoms with E-state index >= 15 is 0 Å². The van der Waals surface area contributed by atoms with Crippen LogP contribution in [0.2, 0.25) is 0 Å². The predicted octanol–water partition coefficient (Wildman–Crippen LogP) is 2.09. The molecule has 0 bridgehead atoms. The monoisotopic (exact) mass is 334 g/mol. The Bertz CT molecular complexity index is 1060. The number of aromatic carboxylic acids is 1. The molecule has 3 aromatic rings. The number of nitrogens with zero attached hydrogens (tertiary/aromatic N) is 3. The van der Waals surface area contributed by atoms with E-state index in [0.29, 0.717) is 22.4 Å². The van der Waals surface area contributed by atoms with Crippen LogP contribution >= 0.6 is 0 Å². The molecule has 1 aromatic carbocycles. The molecule has 7 nitrogen and oxygen atoms in total. The molecule has 4 rings (SSSR count). The topological polar surface area (TPSA) is 100 Å². The second kappa shape index (κ2) is 4.59. The van der Waals surface area contributed by atoms with E-state index in [1.807, 2.05) is 0 Å². The molecule has 0 radical (unpaired) electrons. The van der Waals surface area contributed by atoms with Crippen LogP contribution in [0.4, 0.5) is 8.78 Å².